The Morgan fingerprint density at radius 3 is 2.24 bits per heavy atom. The number of halogens is 1. The minimum Gasteiger partial charge on any atom is -0.294 e. The fourth-order valence-electron chi connectivity index (χ4n) is 2.21. The Balaban J connectivity index is 1.93. The molecule has 1 aliphatic heterocycles. The molecule has 0 N–H and O–H groups in total. The molecule has 2 aromatic carbocycles. The van der Waals surface area contributed by atoms with Gasteiger partial charge in [-0.05, 0) is 24.3 Å². The molecule has 0 aliphatic carbocycles. The summed E-state index contributed by atoms with van der Waals surface area (Å²) >= 11 is 7.65. The fourth-order valence-corrected chi connectivity index (χ4v) is 3.74. The summed E-state index contributed by atoms with van der Waals surface area (Å²) in [5.41, 5.74) is 0.752. The fraction of sp³-hybridized carbons (Fsp3) is 0.125. The van der Waals surface area contributed by atoms with Crippen molar-refractivity contribution in [2.75, 3.05) is 4.90 Å². The van der Waals surface area contributed by atoms with Crippen molar-refractivity contribution in [1.29, 1.82) is 5.26 Å². The van der Waals surface area contributed by atoms with E-state index >= 15 is 0 Å². The molecule has 3 rings (SSSR count). The minimum atomic E-state index is -1.50. The Morgan fingerprint density at radius 2 is 1.67 bits per heavy atom. The third-order valence-corrected chi connectivity index (χ3v) is 5.21. The van der Waals surface area contributed by atoms with Gasteiger partial charge in [0.2, 0.25) is 4.87 Å². The van der Waals surface area contributed by atoms with Gasteiger partial charge in [-0.3, -0.25) is 9.69 Å². The molecule has 21 heavy (non-hydrogen) atoms. The monoisotopic (exact) mass is 314 g/mol. The number of carbonyl (C=O) groups excluding carboxylic acids is 1. The Morgan fingerprint density at radius 1 is 1.10 bits per heavy atom. The van der Waals surface area contributed by atoms with Gasteiger partial charge in [-0.2, -0.15) is 5.26 Å². The number of hydrogen-bond acceptors (Lipinski definition) is 3. The van der Waals surface area contributed by atoms with Gasteiger partial charge in [-0.15, -0.1) is 0 Å². The molecule has 0 radical (unpaired) electrons. The average Bonchev–Trinajstić information content (AvgIpc) is 2.55. The zero-order valence-electron chi connectivity index (χ0n) is 10.9. The molecular weight excluding hydrogens is 304 g/mol. The first kappa shape index (κ1) is 14.0. The van der Waals surface area contributed by atoms with Gasteiger partial charge in [0.25, 0.3) is 5.91 Å². The van der Waals surface area contributed by atoms with Crippen LogP contribution in [0.2, 0.25) is 0 Å². The van der Waals surface area contributed by atoms with Gasteiger partial charge in [0, 0.05) is 10.6 Å². The van der Waals surface area contributed by atoms with E-state index in [1.165, 1.54) is 11.8 Å². The molecule has 2 aromatic rings. The maximum absolute atomic E-state index is 12.3. The van der Waals surface area contributed by atoms with Crippen LogP contribution in [-0.4, -0.2) is 16.2 Å². The quantitative estimate of drug-likeness (QED) is 0.641. The van der Waals surface area contributed by atoms with Crippen LogP contribution in [0.25, 0.3) is 0 Å². The maximum Gasteiger partial charge on any atom is 0.266 e. The van der Waals surface area contributed by atoms with Crippen LogP contribution in [0.3, 0.4) is 0 Å². The van der Waals surface area contributed by atoms with Crippen LogP contribution in [0.4, 0.5) is 5.69 Å². The second-order valence-corrected chi connectivity index (χ2v) is 6.37. The van der Waals surface area contributed by atoms with E-state index in [9.17, 15) is 10.1 Å². The molecule has 3 nitrogen and oxygen atoms in total. The first-order chi connectivity index (χ1) is 10.2. The Bertz CT molecular complexity index is 701. The second kappa shape index (κ2) is 5.44. The largest absolute Gasteiger partial charge is 0.294 e. The van der Waals surface area contributed by atoms with Crippen LogP contribution in [0, 0.1) is 11.3 Å². The van der Waals surface area contributed by atoms with Crippen molar-refractivity contribution < 1.29 is 4.79 Å². The number of hydrogen-bond donors (Lipinski definition) is 0. The predicted octanol–water partition coefficient (Wildman–Crippen LogP) is 3.65. The number of alkyl halides is 1. The zero-order valence-corrected chi connectivity index (χ0v) is 12.5. The van der Waals surface area contributed by atoms with E-state index in [0.29, 0.717) is 0 Å². The standard InChI is InChI=1S/C16H11ClN2OS/c17-16(11-18)14(20)19(12-7-3-1-4-8-12)15(16)21-13-9-5-2-6-10-13/h1-10,15H/t15-,16-/m0/s1. The SMILES string of the molecule is N#C[C@]1(Cl)C(=O)N(c2ccccc2)[C@H]1Sc1ccccc1. The molecule has 0 unspecified atom stereocenters. The molecule has 1 amide bonds. The van der Waals surface area contributed by atoms with Crippen LogP contribution < -0.4 is 4.90 Å². The second-order valence-electron chi connectivity index (χ2n) is 4.62. The molecule has 0 bridgehead atoms. The number of anilines is 1. The number of rotatable bonds is 3. The summed E-state index contributed by atoms with van der Waals surface area (Å²) in [6.07, 6.45) is 0. The van der Waals surface area contributed by atoms with Crippen LogP contribution in [0.15, 0.2) is 65.6 Å². The van der Waals surface area contributed by atoms with Gasteiger partial charge in [0.1, 0.15) is 5.37 Å². The molecule has 0 spiro atoms. The summed E-state index contributed by atoms with van der Waals surface area (Å²) in [6, 6.07) is 20.8. The molecule has 2 atom stereocenters. The van der Waals surface area contributed by atoms with Crippen molar-refractivity contribution >= 4 is 35.0 Å². The smallest absolute Gasteiger partial charge is 0.266 e. The van der Waals surface area contributed by atoms with Gasteiger partial charge in [-0.1, -0.05) is 59.8 Å². The van der Waals surface area contributed by atoms with E-state index < -0.39 is 10.2 Å². The lowest BCUT2D eigenvalue weighted by molar-refractivity contribution is -0.124. The van der Waals surface area contributed by atoms with Crippen LogP contribution in [0.1, 0.15) is 0 Å². The van der Waals surface area contributed by atoms with Gasteiger partial charge >= 0.3 is 0 Å². The lowest BCUT2D eigenvalue weighted by Gasteiger charge is -2.48. The summed E-state index contributed by atoms with van der Waals surface area (Å²) < 4.78 is 0. The van der Waals surface area contributed by atoms with Gasteiger partial charge in [0.15, 0.2) is 0 Å². The predicted molar refractivity (Wildman–Crippen MR) is 84.2 cm³/mol. The van der Waals surface area contributed by atoms with Gasteiger partial charge < -0.3 is 0 Å². The van der Waals surface area contributed by atoms with E-state index in [4.69, 9.17) is 11.6 Å². The maximum atomic E-state index is 12.3. The summed E-state index contributed by atoms with van der Waals surface area (Å²) in [6.45, 7) is 0. The number of amides is 1. The Labute approximate surface area is 132 Å². The van der Waals surface area contributed by atoms with Crippen LogP contribution in [-0.2, 0) is 4.79 Å². The first-order valence-corrected chi connectivity index (χ1v) is 7.63. The molecule has 5 heteroatoms. The number of carbonyl (C=O) groups is 1. The Hall–Kier alpha value is -1.96. The number of β-lactam (4-membered cyclic amide) rings is 1. The molecule has 1 fully saturated rings. The molecule has 0 aromatic heterocycles. The van der Waals surface area contributed by atoms with E-state index in [-0.39, 0.29) is 5.91 Å². The lowest BCUT2D eigenvalue weighted by atomic mass is 9.97. The van der Waals surface area contributed by atoms with Crippen molar-refractivity contribution in [2.45, 2.75) is 15.1 Å². The van der Waals surface area contributed by atoms with E-state index in [0.717, 1.165) is 10.6 Å². The summed E-state index contributed by atoms with van der Waals surface area (Å²) in [5, 5.41) is 8.84. The van der Waals surface area contributed by atoms with Crippen molar-refractivity contribution in [3.63, 3.8) is 0 Å². The highest BCUT2D eigenvalue weighted by Gasteiger charge is 2.62. The molecule has 1 heterocycles. The number of benzene rings is 2. The highest BCUT2D eigenvalue weighted by molar-refractivity contribution is 8.00. The number of thioether (sulfide) groups is 1. The van der Waals surface area contributed by atoms with Crippen molar-refractivity contribution in [1.82, 2.24) is 0 Å². The van der Waals surface area contributed by atoms with E-state index in [1.807, 2.05) is 66.7 Å². The average molecular weight is 315 g/mol. The highest BCUT2D eigenvalue weighted by Crippen LogP contribution is 2.47. The van der Waals surface area contributed by atoms with Crippen molar-refractivity contribution in [2.24, 2.45) is 0 Å². The lowest BCUT2D eigenvalue weighted by Crippen LogP contribution is -2.69. The number of nitrogens with zero attached hydrogens (tertiary/aromatic N) is 2. The third kappa shape index (κ3) is 2.29. The van der Waals surface area contributed by atoms with Gasteiger partial charge in [-0.25, -0.2) is 0 Å². The molecular formula is C16H11ClN2OS. The molecule has 1 saturated heterocycles. The third-order valence-electron chi connectivity index (χ3n) is 3.29. The molecule has 1 aliphatic rings. The Kier molecular flexibility index (Phi) is 3.62. The minimum absolute atomic E-state index is 0.369. The normalized spacial score (nSPS) is 24.3. The van der Waals surface area contributed by atoms with E-state index in [2.05, 4.69) is 0 Å². The van der Waals surface area contributed by atoms with Gasteiger partial charge in [0.05, 0.1) is 6.07 Å². The summed E-state index contributed by atoms with van der Waals surface area (Å²) in [7, 11) is 0. The van der Waals surface area contributed by atoms with Crippen molar-refractivity contribution in [3.05, 3.63) is 60.7 Å². The molecule has 104 valence electrons. The van der Waals surface area contributed by atoms with Crippen molar-refractivity contribution in [3.8, 4) is 6.07 Å². The first-order valence-electron chi connectivity index (χ1n) is 6.37. The summed E-state index contributed by atoms with van der Waals surface area (Å²) in [5.74, 6) is -0.369. The number of nitriles is 1. The van der Waals surface area contributed by atoms with Crippen LogP contribution in [0.5, 0.6) is 0 Å². The molecule has 0 saturated carbocycles. The van der Waals surface area contributed by atoms with Crippen LogP contribution >= 0.6 is 23.4 Å². The summed E-state index contributed by atoms with van der Waals surface area (Å²) in [4.78, 5) is 13.3. The highest BCUT2D eigenvalue weighted by atomic mass is 35.5. The number of para-hydroxylation sites is 1. The zero-order chi connectivity index (χ0) is 14.9. The van der Waals surface area contributed by atoms with E-state index in [1.54, 1.807) is 4.90 Å². The topological polar surface area (TPSA) is 44.1 Å².